The number of nitrogens with one attached hydrogen (secondary N) is 2. The van der Waals surface area contributed by atoms with E-state index in [1.807, 2.05) is 36.7 Å². The molecule has 0 saturated carbocycles. The number of carbonyl (C=O) groups is 1. The summed E-state index contributed by atoms with van der Waals surface area (Å²) < 4.78 is 0. The Labute approximate surface area is 198 Å². The Balaban J connectivity index is 1.27. The number of aromatic nitrogens is 4. The maximum absolute atomic E-state index is 13.1. The minimum absolute atomic E-state index is 0.246. The summed E-state index contributed by atoms with van der Waals surface area (Å²) in [7, 11) is 0. The van der Waals surface area contributed by atoms with E-state index in [2.05, 4.69) is 41.3 Å². The molecule has 0 unspecified atom stereocenters. The predicted molar refractivity (Wildman–Crippen MR) is 134 cm³/mol. The first-order valence-electron chi connectivity index (χ1n) is 12.0. The lowest BCUT2D eigenvalue weighted by molar-refractivity contribution is 0.102. The number of amides is 1. The summed E-state index contributed by atoms with van der Waals surface area (Å²) in [6.07, 6.45) is 10.5. The molecule has 2 aliphatic rings. The third kappa shape index (κ3) is 3.96. The summed E-state index contributed by atoms with van der Waals surface area (Å²) in [5, 5.41) is 11.1. The molecule has 8 nitrogen and oxygen atoms in total. The van der Waals surface area contributed by atoms with Crippen LogP contribution in [0, 0.1) is 0 Å². The van der Waals surface area contributed by atoms with Crippen molar-refractivity contribution in [3.05, 3.63) is 60.7 Å². The van der Waals surface area contributed by atoms with Crippen LogP contribution in [0.3, 0.4) is 0 Å². The van der Waals surface area contributed by atoms with Gasteiger partial charge in [0.15, 0.2) is 5.69 Å². The second-order valence-electron chi connectivity index (χ2n) is 9.01. The van der Waals surface area contributed by atoms with Crippen molar-refractivity contribution < 1.29 is 4.79 Å². The Kier molecular flexibility index (Phi) is 5.33. The first-order valence-corrected chi connectivity index (χ1v) is 12.0. The summed E-state index contributed by atoms with van der Waals surface area (Å²) in [5.41, 5.74) is 5.11. The predicted octanol–water partition coefficient (Wildman–Crippen LogP) is 4.47. The van der Waals surface area contributed by atoms with E-state index in [1.54, 1.807) is 12.3 Å². The zero-order valence-electron chi connectivity index (χ0n) is 19.0. The Bertz CT molecular complexity index is 1340. The maximum Gasteiger partial charge on any atom is 0.276 e. The van der Waals surface area contributed by atoms with Crippen molar-refractivity contribution >= 4 is 34.0 Å². The number of piperidine rings is 1. The van der Waals surface area contributed by atoms with Crippen molar-refractivity contribution in [2.24, 2.45) is 0 Å². The van der Waals surface area contributed by atoms with Crippen molar-refractivity contribution in [1.82, 2.24) is 20.2 Å². The van der Waals surface area contributed by atoms with Crippen LogP contribution >= 0.6 is 0 Å². The zero-order valence-corrected chi connectivity index (χ0v) is 19.0. The molecule has 4 aromatic rings. The Morgan fingerprint density at radius 3 is 2.56 bits per heavy atom. The van der Waals surface area contributed by atoms with Crippen LogP contribution in [-0.2, 0) is 0 Å². The van der Waals surface area contributed by atoms with Crippen LogP contribution in [0.25, 0.3) is 22.0 Å². The number of nitrogens with zero attached hydrogens (tertiary/aromatic N) is 5. The van der Waals surface area contributed by atoms with Gasteiger partial charge in [-0.15, -0.1) is 0 Å². The van der Waals surface area contributed by atoms with Crippen molar-refractivity contribution in [3.8, 4) is 11.1 Å². The van der Waals surface area contributed by atoms with E-state index in [1.165, 1.54) is 25.7 Å². The summed E-state index contributed by atoms with van der Waals surface area (Å²) in [5.74, 6) is 0.642. The lowest BCUT2D eigenvalue weighted by Gasteiger charge is -2.32. The van der Waals surface area contributed by atoms with Gasteiger partial charge < -0.3 is 15.1 Å². The second-order valence-corrected chi connectivity index (χ2v) is 9.01. The van der Waals surface area contributed by atoms with E-state index in [9.17, 15) is 4.79 Å². The quantitative estimate of drug-likeness (QED) is 0.463. The average molecular weight is 454 g/mol. The number of benzene rings is 1. The summed E-state index contributed by atoms with van der Waals surface area (Å²) >= 11 is 0. The standard InChI is InChI=1S/C26H27N7O/c34-26(29-20-7-8-28-24(15-20)33-11-4-12-33)25-22-14-18(5-6-23(22)30-31-25)19-13-21(17-27-16-19)32-9-2-1-3-10-32/h5-8,13-17H,1-4,9-12H2,(H,30,31)(H,28,29,34). The van der Waals surface area contributed by atoms with E-state index in [-0.39, 0.29) is 5.91 Å². The number of carbonyl (C=O) groups excluding carboxylic acids is 1. The lowest BCUT2D eigenvalue weighted by atomic mass is 10.0. The molecular formula is C26H27N7O. The number of pyridine rings is 2. The van der Waals surface area contributed by atoms with E-state index >= 15 is 0 Å². The van der Waals surface area contributed by atoms with Gasteiger partial charge in [-0.1, -0.05) is 6.07 Å². The molecule has 0 radical (unpaired) electrons. The molecule has 2 N–H and O–H groups in total. The third-order valence-corrected chi connectivity index (χ3v) is 6.74. The molecular weight excluding hydrogens is 426 g/mol. The molecule has 172 valence electrons. The zero-order chi connectivity index (χ0) is 22.9. The Morgan fingerprint density at radius 1 is 0.882 bits per heavy atom. The summed E-state index contributed by atoms with van der Waals surface area (Å²) in [6, 6.07) is 11.9. The first-order chi connectivity index (χ1) is 16.7. The third-order valence-electron chi connectivity index (χ3n) is 6.74. The van der Waals surface area contributed by atoms with E-state index in [0.717, 1.165) is 59.7 Å². The molecule has 0 spiro atoms. The Hall–Kier alpha value is -3.94. The van der Waals surface area contributed by atoms with Gasteiger partial charge in [0.05, 0.1) is 17.4 Å². The van der Waals surface area contributed by atoms with Gasteiger partial charge >= 0.3 is 0 Å². The molecule has 5 heterocycles. The van der Waals surface area contributed by atoms with Crippen molar-refractivity contribution in [2.45, 2.75) is 25.7 Å². The highest BCUT2D eigenvalue weighted by Gasteiger charge is 2.19. The number of fused-ring (bicyclic) bond motifs is 1. The highest BCUT2D eigenvalue weighted by atomic mass is 16.1. The van der Waals surface area contributed by atoms with Gasteiger partial charge in [0.2, 0.25) is 0 Å². The monoisotopic (exact) mass is 453 g/mol. The van der Waals surface area contributed by atoms with Crippen LogP contribution in [0.15, 0.2) is 55.0 Å². The fourth-order valence-electron chi connectivity index (χ4n) is 4.68. The van der Waals surface area contributed by atoms with Crippen LogP contribution in [-0.4, -0.2) is 52.3 Å². The molecule has 34 heavy (non-hydrogen) atoms. The topological polar surface area (TPSA) is 90.0 Å². The fraction of sp³-hybridized carbons (Fsp3) is 0.308. The van der Waals surface area contributed by atoms with Crippen LogP contribution < -0.4 is 15.1 Å². The number of anilines is 3. The highest BCUT2D eigenvalue weighted by Crippen LogP contribution is 2.29. The Morgan fingerprint density at radius 2 is 1.74 bits per heavy atom. The van der Waals surface area contributed by atoms with Gasteiger partial charge in [-0.25, -0.2) is 4.98 Å². The molecule has 6 rings (SSSR count). The number of aromatic amines is 1. The normalized spacial score (nSPS) is 15.9. The van der Waals surface area contributed by atoms with E-state index < -0.39 is 0 Å². The van der Waals surface area contributed by atoms with E-state index in [4.69, 9.17) is 0 Å². The number of H-pyrrole nitrogens is 1. The molecule has 0 atom stereocenters. The van der Waals surface area contributed by atoms with Crippen molar-refractivity contribution in [2.75, 3.05) is 41.3 Å². The van der Waals surface area contributed by atoms with Crippen LogP contribution in [0.5, 0.6) is 0 Å². The van der Waals surface area contributed by atoms with Crippen LogP contribution in [0.4, 0.5) is 17.2 Å². The molecule has 8 heteroatoms. The minimum atomic E-state index is -0.246. The lowest BCUT2D eigenvalue weighted by Crippen LogP contribution is -2.37. The summed E-state index contributed by atoms with van der Waals surface area (Å²) in [4.78, 5) is 26.6. The van der Waals surface area contributed by atoms with Gasteiger partial charge in [0.25, 0.3) is 5.91 Å². The number of hydrogen-bond donors (Lipinski definition) is 2. The van der Waals surface area contributed by atoms with Gasteiger partial charge in [-0.2, -0.15) is 5.10 Å². The smallest absolute Gasteiger partial charge is 0.276 e. The molecule has 0 bridgehead atoms. The van der Waals surface area contributed by atoms with E-state index in [0.29, 0.717) is 11.4 Å². The molecule has 2 fully saturated rings. The summed E-state index contributed by atoms with van der Waals surface area (Å²) in [6.45, 7) is 4.16. The van der Waals surface area contributed by atoms with Crippen LogP contribution in [0.2, 0.25) is 0 Å². The maximum atomic E-state index is 13.1. The molecule has 0 aliphatic carbocycles. The fourth-order valence-corrected chi connectivity index (χ4v) is 4.68. The number of hydrogen-bond acceptors (Lipinski definition) is 6. The molecule has 2 aliphatic heterocycles. The highest BCUT2D eigenvalue weighted by molar-refractivity contribution is 6.11. The van der Waals surface area contributed by atoms with Gasteiger partial charge in [0, 0.05) is 61.3 Å². The van der Waals surface area contributed by atoms with Gasteiger partial charge in [-0.05, 0) is 55.5 Å². The van der Waals surface area contributed by atoms with Gasteiger partial charge in [-0.3, -0.25) is 14.9 Å². The van der Waals surface area contributed by atoms with Crippen molar-refractivity contribution in [3.63, 3.8) is 0 Å². The van der Waals surface area contributed by atoms with Crippen LogP contribution in [0.1, 0.15) is 36.2 Å². The molecule has 1 amide bonds. The largest absolute Gasteiger partial charge is 0.370 e. The molecule has 3 aromatic heterocycles. The first kappa shape index (κ1) is 20.7. The average Bonchev–Trinajstić information content (AvgIpc) is 3.27. The SMILES string of the molecule is O=C(Nc1ccnc(N2CCC2)c1)c1n[nH]c2ccc(-c3cncc(N4CCCCC4)c3)cc12. The second kappa shape index (κ2) is 8.78. The van der Waals surface area contributed by atoms with Crippen molar-refractivity contribution in [1.29, 1.82) is 0 Å². The molecule has 2 saturated heterocycles. The molecule has 1 aromatic carbocycles. The van der Waals surface area contributed by atoms with Gasteiger partial charge in [0.1, 0.15) is 5.82 Å². The minimum Gasteiger partial charge on any atom is -0.370 e. The number of rotatable bonds is 5.